The highest BCUT2D eigenvalue weighted by molar-refractivity contribution is 6.35. The zero-order valence-electron chi connectivity index (χ0n) is 12.5. The highest BCUT2D eigenvalue weighted by atomic mass is 35.5. The van der Waals surface area contributed by atoms with Gasteiger partial charge in [-0.15, -0.1) is 0 Å². The summed E-state index contributed by atoms with van der Waals surface area (Å²) in [6.07, 6.45) is 1.23. The average Bonchev–Trinajstić information content (AvgIpc) is 2.54. The number of nitrogen functional groups attached to an aromatic ring is 1. The third-order valence-electron chi connectivity index (χ3n) is 3.19. The maximum atomic E-state index is 13.8. The van der Waals surface area contributed by atoms with E-state index in [0.29, 0.717) is 15.7 Å². The van der Waals surface area contributed by atoms with Gasteiger partial charge in [0.15, 0.2) is 11.6 Å². The Hall–Kier alpha value is -2.64. The van der Waals surface area contributed by atoms with Gasteiger partial charge in [0.1, 0.15) is 23.6 Å². The number of benzene rings is 2. The van der Waals surface area contributed by atoms with E-state index in [0.717, 1.165) is 18.2 Å². The Morgan fingerprint density at radius 2 is 1.52 bits per heavy atom. The van der Waals surface area contributed by atoms with Gasteiger partial charge in [-0.2, -0.15) is 0 Å². The van der Waals surface area contributed by atoms with Crippen LogP contribution < -0.4 is 16.4 Å². The normalized spacial score (nSPS) is 10.6. The number of hydrogen-bond acceptors (Lipinski definition) is 5. The number of nitrogens with zero attached hydrogens (tertiary/aromatic N) is 2. The Balaban J connectivity index is 1.90. The molecule has 128 valence electrons. The van der Waals surface area contributed by atoms with Crippen LogP contribution in [-0.2, 0) is 0 Å². The van der Waals surface area contributed by atoms with Crippen molar-refractivity contribution in [1.82, 2.24) is 9.97 Å². The fourth-order valence-electron chi connectivity index (χ4n) is 2.08. The summed E-state index contributed by atoms with van der Waals surface area (Å²) in [5.74, 6) is -0.859. The van der Waals surface area contributed by atoms with Gasteiger partial charge in [0.25, 0.3) is 0 Å². The molecular weight excluding hydrogens is 371 g/mol. The van der Waals surface area contributed by atoms with E-state index in [-0.39, 0.29) is 23.0 Å². The lowest BCUT2D eigenvalue weighted by Crippen LogP contribution is -2.06. The number of halogens is 4. The molecule has 4 N–H and O–H groups in total. The summed E-state index contributed by atoms with van der Waals surface area (Å²) in [7, 11) is 0. The molecule has 2 aromatic carbocycles. The lowest BCUT2D eigenvalue weighted by Gasteiger charge is -2.13. The number of nitrogens with one attached hydrogen (secondary N) is 2. The van der Waals surface area contributed by atoms with Crippen LogP contribution in [0.2, 0.25) is 10.0 Å². The molecule has 1 aromatic heterocycles. The second-order valence-corrected chi connectivity index (χ2v) is 5.89. The number of hydrogen-bond donors (Lipinski definition) is 3. The molecule has 3 rings (SSSR count). The third-order valence-corrected chi connectivity index (χ3v) is 3.63. The Morgan fingerprint density at radius 1 is 0.880 bits per heavy atom. The quantitative estimate of drug-likeness (QED) is 0.583. The van der Waals surface area contributed by atoms with Crippen molar-refractivity contribution in [3.63, 3.8) is 0 Å². The maximum Gasteiger partial charge on any atom is 0.159 e. The minimum atomic E-state index is -0.643. The smallest absolute Gasteiger partial charge is 0.159 e. The van der Waals surface area contributed by atoms with Crippen LogP contribution in [0.25, 0.3) is 0 Å². The van der Waals surface area contributed by atoms with Crippen molar-refractivity contribution < 1.29 is 8.78 Å². The topological polar surface area (TPSA) is 75.9 Å². The zero-order valence-corrected chi connectivity index (χ0v) is 14.0. The number of aromatic nitrogens is 2. The summed E-state index contributed by atoms with van der Waals surface area (Å²) in [5.41, 5.74) is 6.59. The van der Waals surface area contributed by atoms with Gasteiger partial charge in [-0.25, -0.2) is 18.7 Å². The summed E-state index contributed by atoms with van der Waals surface area (Å²) >= 11 is 11.9. The van der Waals surface area contributed by atoms with Crippen LogP contribution in [-0.4, -0.2) is 9.97 Å². The summed E-state index contributed by atoms with van der Waals surface area (Å²) < 4.78 is 27.0. The molecule has 0 fully saturated rings. The predicted octanol–water partition coefficient (Wildman–Crippen LogP) is 5.13. The Morgan fingerprint density at radius 3 is 2.20 bits per heavy atom. The monoisotopic (exact) mass is 381 g/mol. The van der Waals surface area contributed by atoms with E-state index in [4.69, 9.17) is 28.9 Å². The maximum absolute atomic E-state index is 13.8. The molecule has 1 heterocycles. The summed E-state index contributed by atoms with van der Waals surface area (Å²) in [6, 6.07) is 7.86. The van der Waals surface area contributed by atoms with Crippen LogP contribution >= 0.6 is 23.2 Å². The second-order valence-electron chi connectivity index (χ2n) is 5.02. The van der Waals surface area contributed by atoms with E-state index >= 15 is 0 Å². The first-order valence-corrected chi connectivity index (χ1v) is 7.73. The van der Waals surface area contributed by atoms with Crippen LogP contribution in [0.15, 0.2) is 42.7 Å². The van der Waals surface area contributed by atoms with Gasteiger partial charge < -0.3 is 16.4 Å². The highest BCUT2D eigenvalue weighted by Crippen LogP contribution is 2.31. The molecule has 0 aliphatic rings. The lowest BCUT2D eigenvalue weighted by molar-refractivity contribution is 0.603. The van der Waals surface area contributed by atoms with Crippen LogP contribution in [0.1, 0.15) is 0 Å². The Kier molecular flexibility index (Phi) is 4.87. The third kappa shape index (κ3) is 4.07. The molecule has 3 aromatic rings. The molecule has 0 atom stereocenters. The molecule has 0 aliphatic heterocycles. The molecule has 0 unspecified atom stereocenters. The largest absolute Gasteiger partial charge is 0.393 e. The average molecular weight is 382 g/mol. The Bertz CT molecular complexity index is 916. The number of anilines is 5. The van der Waals surface area contributed by atoms with Gasteiger partial charge in [0.2, 0.25) is 0 Å². The lowest BCUT2D eigenvalue weighted by atomic mass is 10.3. The predicted molar refractivity (Wildman–Crippen MR) is 95.8 cm³/mol. The Labute approximate surface area is 151 Å². The van der Waals surface area contributed by atoms with Gasteiger partial charge >= 0.3 is 0 Å². The van der Waals surface area contributed by atoms with Crippen molar-refractivity contribution in [3.05, 3.63) is 64.4 Å². The minimum absolute atomic E-state index is 0.0952. The highest BCUT2D eigenvalue weighted by Gasteiger charge is 2.12. The van der Waals surface area contributed by atoms with E-state index in [2.05, 4.69) is 20.6 Å². The molecule has 0 spiro atoms. The first kappa shape index (κ1) is 17.2. The molecule has 0 aliphatic carbocycles. The van der Waals surface area contributed by atoms with Gasteiger partial charge in [-0.1, -0.05) is 23.2 Å². The number of rotatable bonds is 4. The second kappa shape index (κ2) is 7.08. The molecule has 0 radical (unpaired) electrons. The van der Waals surface area contributed by atoms with Crippen LogP contribution in [0, 0.1) is 11.6 Å². The minimum Gasteiger partial charge on any atom is -0.393 e. The van der Waals surface area contributed by atoms with E-state index in [1.165, 1.54) is 6.33 Å². The van der Waals surface area contributed by atoms with Crippen LogP contribution in [0.3, 0.4) is 0 Å². The van der Waals surface area contributed by atoms with Gasteiger partial charge in [-0.3, -0.25) is 0 Å². The standard InChI is InChI=1S/C16H11Cl2F2N5/c17-8-3-9(18)5-11(4-8)24-15-14(21)16(23-7-22-15)25-13-6-10(19)1-2-12(13)20/h1-7H,21H2,(H2,22,23,24,25). The van der Waals surface area contributed by atoms with Crippen molar-refractivity contribution in [1.29, 1.82) is 0 Å². The van der Waals surface area contributed by atoms with E-state index < -0.39 is 11.6 Å². The van der Waals surface area contributed by atoms with E-state index in [1.807, 2.05) is 0 Å². The molecule has 25 heavy (non-hydrogen) atoms. The van der Waals surface area contributed by atoms with Gasteiger partial charge in [-0.05, 0) is 30.3 Å². The molecule has 0 amide bonds. The van der Waals surface area contributed by atoms with Gasteiger partial charge in [0.05, 0.1) is 5.69 Å². The fourth-order valence-corrected chi connectivity index (χ4v) is 2.60. The molecule has 5 nitrogen and oxygen atoms in total. The van der Waals surface area contributed by atoms with Crippen LogP contribution in [0.4, 0.5) is 37.5 Å². The molecule has 0 saturated carbocycles. The fraction of sp³-hybridized carbons (Fsp3) is 0. The first-order valence-electron chi connectivity index (χ1n) is 6.98. The number of nitrogens with two attached hydrogens (primary N) is 1. The summed E-state index contributed by atoms with van der Waals surface area (Å²) in [5, 5.41) is 6.47. The van der Waals surface area contributed by atoms with Crippen molar-refractivity contribution in [2.45, 2.75) is 0 Å². The molecule has 9 heteroatoms. The van der Waals surface area contributed by atoms with Crippen molar-refractivity contribution >= 4 is 51.9 Å². The van der Waals surface area contributed by atoms with Gasteiger partial charge in [0, 0.05) is 21.8 Å². The molecule has 0 bridgehead atoms. The van der Waals surface area contributed by atoms with Crippen molar-refractivity contribution in [2.24, 2.45) is 0 Å². The molecular formula is C16H11Cl2F2N5. The molecule has 0 saturated heterocycles. The zero-order chi connectivity index (χ0) is 18.0. The SMILES string of the molecule is Nc1c(Nc2cc(Cl)cc(Cl)c2)ncnc1Nc1cc(F)ccc1F. The summed E-state index contributed by atoms with van der Waals surface area (Å²) in [6.45, 7) is 0. The van der Waals surface area contributed by atoms with E-state index in [1.54, 1.807) is 18.2 Å². The summed E-state index contributed by atoms with van der Waals surface area (Å²) in [4.78, 5) is 7.99. The van der Waals surface area contributed by atoms with Crippen LogP contribution in [0.5, 0.6) is 0 Å². The van der Waals surface area contributed by atoms with Crippen molar-refractivity contribution in [2.75, 3.05) is 16.4 Å². The van der Waals surface area contributed by atoms with E-state index in [9.17, 15) is 8.78 Å². The van der Waals surface area contributed by atoms with Crippen molar-refractivity contribution in [3.8, 4) is 0 Å². The first-order chi connectivity index (χ1) is 11.9.